The number of carbonyl (C=O) groups is 1. The summed E-state index contributed by atoms with van der Waals surface area (Å²) < 4.78 is 0. The van der Waals surface area contributed by atoms with Crippen molar-refractivity contribution in [1.82, 2.24) is 10.2 Å². The highest BCUT2D eigenvalue weighted by Crippen LogP contribution is 2.25. The molecule has 20 heavy (non-hydrogen) atoms. The first-order valence-corrected chi connectivity index (χ1v) is 7.25. The van der Waals surface area contributed by atoms with Crippen LogP contribution in [0.15, 0.2) is 24.3 Å². The van der Waals surface area contributed by atoms with Crippen molar-refractivity contribution >= 4 is 11.6 Å². The van der Waals surface area contributed by atoms with Crippen LogP contribution in [0.2, 0.25) is 0 Å². The molecule has 1 aromatic rings. The largest absolute Gasteiger partial charge is 0.399 e. The molecule has 4 nitrogen and oxygen atoms in total. The molecule has 3 N–H and O–H groups in total. The maximum atomic E-state index is 12.6. The molecule has 0 saturated carbocycles. The second-order valence-corrected chi connectivity index (χ2v) is 6.32. The van der Waals surface area contributed by atoms with Gasteiger partial charge in [-0.2, -0.15) is 0 Å². The SMILES string of the molecule is CN1CCCC(NC(=O)C(C)(C)c2ccc(N)cc2)C1. The van der Waals surface area contributed by atoms with E-state index in [-0.39, 0.29) is 11.9 Å². The van der Waals surface area contributed by atoms with Crippen LogP contribution in [0.4, 0.5) is 5.69 Å². The van der Waals surface area contributed by atoms with Gasteiger partial charge in [-0.25, -0.2) is 0 Å². The summed E-state index contributed by atoms with van der Waals surface area (Å²) in [6.07, 6.45) is 2.21. The van der Waals surface area contributed by atoms with Gasteiger partial charge in [-0.15, -0.1) is 0 Å². The number of rotatable bonds is 3. The van der Waals surface area contributed by atoms with Crippen molar-refractivity contribution in [3.05, 3.63) is 29.8 Å². The van der Waals surface area contributed by atoms with E-state index in [2.05, 4.69) is 17.3 Å². The molecule has 1 aromatic carbocycles. The Morgan fingerprint density at radius 2 is 2.00 bits per heavy atom. The fraction of sp³-hybridized carbons (Fsp3) is 0.562. The van der Waals surface area contributed by atoms with Crippen LogP contribution in [0, 0.1) is 0 Å². The molecule has 0 aromatic heterocycles. The first-order chi connectivity index (χ1) is 9.39. The molecule has 1 unspecified atom stereocenters. The quantitative estimate of drug-likeness (QED) is 0.826. The van der Waals surface area contributed by atoms with Crippen LogP contribution in [0.3, 0.4) is 0 Å². The number of nitrogens with two attached hydrogens (primary N) is 1. The minimum Gasteiger partial charge on any atom is -0.399 e. The molecule has 1 atom stereocenters. The van der Waals surface area contributed by atoms with E-state index in [0.717, 1.165) is 37.2 Å². The number of likely N-dealkylation sites (tertiary alicyclic amines) is 1. The van der Waals surface area contributed by atoms with Crippen LogP contribution < -0.4 is 11.1 Å². The van der Waals surface area contributed by atoms with Crippen LogP contribution in [-0.2, 0) is 10.2 Å². The lowest BCUT2D eigenvalue weighted by atomic mass is 9.83. The van der Waals surface area contributed by atoms with Crippen molar-refractivity contribution in [2.45, 2.75) is 38.1 Å². The highest BCUT2D eigenvalue weighted by Gasteiger charge is 2.31. The zero-order valence-corrected chi connectivity index (χ0v) is 12.6. The van der Waals surface area contributed by atoms with Crippen molar-refractivity contribution in [3.63, 3.8) is 0 Å². The topological polar surface area (TPSA) is 58.4 Å². The van der Waals surface area contributed by atoms with E-state index in [1.54, 1.807) is 0 Å². The number of hydrogen-bond acceptors (Lipinski definition) is 3. The van der Waals surface area contributed by atoms with Crippen LogP contribution in [-0.4, -0.2) is 37.0 Å². The number of anilines is 1. The number of likely N-dealkylation sites (N-methyl/N-ethyl adjacent to an activating group) is 1. The number of nitrogen functional groups attached to an aromatic ring is 1. The number of hydrogen-bond donors (Lipinski definition) is 2. The van der Waals surface area contributed by atoms with Gasteiger partial charge in [0.05, 0.1) is 5.41 Å². The average molecular weight is 275 g/mol. The zero-order valence-electron chi connectivity index (χ0n) is 12.6. The van der Waals surface area contributed by atoms with Gasteiger partial charge in [-0.1, -0.05) is 12.1 Å². The summed E-state index contributed by atoms with van der Waals surface area (Å²) in [5.74, 6) is 0.0857. The van der Waals surface area contributed by atoms with Crippen LogP contribution in [0.5, 0.6) is 0 Å². The molecule has 1 amide bonds. The molecular weight excluding hydrogens is 250 g/mol. The van der Waals surface area contributed by atoms with Gasteiger partial charge in [-0.3, -0.25) is 4.79 Å². The van der Waals surface area contributed by atoms with E-state index in [4.69, 9.17) is 5.73 Å². The predicted octanol–water partition coefficient (Wildman–Crippen LogP) is 1.76. The van der Waals surface area contributed by atoms with E-state index in [0.29, 0.717) is 0 Å². The number of benzene rings is 1. The third kappa shape index (κ3) is 3.31. The van der Waals surface area contributed by atoms with Crippen molar-refractivity contribution in [2.75, 3.05) is 25.9 Å². The maximum Gasteiger partial charge on any atom is 0.230 e. The molecular formula is C16H25N3O. The molecule has 0 bridgehead atoms. The summed E-state index contributed by atoms with van der Waals surface area (Å²) in [6.45, 7) is 5.97. The summed E-state index contributed by atoms with van der Waals surface area (Å²) in [4.78, 5) is 14.8. The first kappa shape index (κ1) is 14.9. The van der Waals surface area contributed by atoms with E-state index < -0.39 is 5.41 Å². The van der Waals surface area contributed by atoms with Crippen molar-refractivity contribution in [3.8, 4) is 0 Å². The number of nitrogens with one attached hydrogen (secondary N) is 1. The van der Waals surface area contributed by atoms with Gasteiger partial charge in [-0.05, 0) is 58.0 Å². The Hall–Kier alpha value is -1.55. The van der Waals surface area contributed by atoms with Crippen molar-refractivity contribution in [1.29, 1.82) is 0 Å². The molecule has 4 heteroatoms. The molecule has 1 aliphatic heterocycles. The monoisotopic (exact) mass is 275 g/mol. The molecule has 0 radical (unpaired) electrons. The Bertz CT molecular complexity index is 467. The average Bonchev–Trinajstić information content (AvgIpc) is 2.39. The van der Waals surface area contributed by atoms with Gasteiger partial charge >= 0.3 is 0 Å². The van der Waals surface area contributed by atoms with E-state index in [1.807, 2.05) is 38.1 Å². The zero-order chi connectivity index (χ0) is 14.8. The van der Waals surface area contributed by atoms with Gasteiger partial charge in [0.15, 0.2) is 0 Å². The fourth-order valence-electron chi connectivity index (χ4n) is 2.68. The van der Waals surface area contributed by atoms with E-state index >= 15 is 0 Å². The third-order valence-corrected chi connectivity index (χ3v) is 4.16. The molecule has 1 heterocycles. The Labute approximate surface area is 121 Å². The number of amides is 1. The van der Waals surface area contributed by atoms with E-state index in [1.165, 1.54) is 0 Å². The number of nitrogens with zero attached hydrogens (tertiary/aromatic N) is 1. The standard InChI is InChI=1S/C16H25N3O/c1-16(2,12-6-8-13(17)9-7-12)15(20)18-14-5-4-10-19(3)11-14/h6-9,14H,4-5,10-11,17H2,1-3H3,(H,18,20). The normalized spacial score (nSPS) is 20.6. The van der Waals surface area contributed by atoms with Gasteiger partial charge in [0.1, 0.15) is 0 Å². The lowest BCUT2D eigenvalue weighted by molar-refractivity contribution is -0.126. The highest BCUT2D eigenvalue weighted by molar-refractivity contribution is 5.87. The molecule has 0 aliphatic carbocycles. The minimum atomic E-state index is -0.538. The molecule has 0 spiro atoms. The highest BCUT2D eigenvalue weighted by atomic mass is 16.2. The first-order valence-electron chi connectivity index (χ1n) is 7.25. The molecule has 1 fully saturated rings. The summed E-state index contributed by atoms with van der Waals surface area (Å²) in [7, 11) is 2.10. The van der Waals surface area contributed by atoms with Gasteiger partial charge in [0.2, 0.25) is 5.91 Å². The van der Waals surface area contributed by atoms with Gasteiger partial charge < -0.3 is 16.0 Å². The van der Waals surface area contributed by atoms with Crippen LogP contribution in [0.1, 0.15) is 32.3 Å². The van der Waals surface area contributed by atoms with Crippen molar-refractivity contribution < 1.29 is 4.79 Å². The minimum absolute atomic E-state index is 0.0857. The lowest BCUT2D eigenvalue weighted by Crippen LogP contribution is -2.51. The fourth-order valence-corrected chi connectivity index (χ4v) is 2.68. The third-order valence-electron chi connectivity index (χ3n) is 4.16. The molecule has 2 rings (SSSR count). The summed E-state index contributed by atoms with van der Waals surface area (Å²) >= 11 is 0. The molecule has 1 saturated heterocycles. The predicted molar refractivity (Wildman–Crippen MR) is 82.5 cm³/mol. The van der Waals surface area contributed by atoms with Gasteiger partial charge in [0.25, 0.3) is 0 Å². The Kier molecular flexibility index (Phi) is 4.33. The summed E-state index contributed by atoms with van der Waals surface area (Å²) in [6, 6.07) is 7.82. The maximum absolute atomic E-state index is 12.6. The summed E-state index contributed by atoms with van der Waals surface area (Å²) in [5.41, 5.74) is 6.88. The number of carbonyl (C=O) groups excluding carboxylic acids is 1. The molecule has 110 valence electrons. The molecule has 1 aliphatic rings. The van der Waals surface area contributed by atoms with Gasteiger partial charge in [0, 0.05) is 18.3 Å². The summed E-state index contributed by atoms with van der Waals surface area (Å²) in [5, 5.41) is 3.19. The van der Waals surface area contributed by atoms with E-state index in [9.17, 15) is 4.79 Å². The van der Waals surface area contributed by atoms with Crippen LogP contribution in [0.25, 0.3) is 0 Å². The second-order valence-electron chi connectivity index (χ2n) is 6.32. The lowest BCUT2D eigenvalue weighted by Gasteiger charge is -2.33. The Morgan fingerprint density at radius 3 is 2.60 bits per heavy atom. The van der Waals surface area contributed by atoms with Crippen LogP contribution >= 0.6 is 0 Å². The smallest absolute Gasteiger partial charge is 0.230 e. The second kappa shape index (κ2) is 5.83. The Morgan fingerprint density at radius 1 is 1.35 bits per heavy atom. The number of piperidine rings is 1. The van der Waals surface area contributed by atoms with Crippen molar-refractivity contribution in [2.24, 2.45) is 0 Å². The Balaban J connectivity index is 2.04.